The predicted octanol–water partition coefficient (Wildman–Crippen LogP) is 2.43. The Labute approximate surface area is 127 Å². The van der Waals surface area contributed by atoms with Crippen molar-refractivity contribution in [2.75, 3.05) is 31.5 Å². The average molecular weight is 287 g/mol. The van der Waals surface area contributed by atoms with Crippen LogP contribution in [0.5, 0.6) is 0 Å². The standard InChI is InChI=1S/C17H25N3O/c1-3-18-15-8-6-14(7-9-15)17(21)20-12-16-5-4-10-19(16)11-13(20)2/h6-9,13,16,18H,3-5,10-12H2,1-2H3. The molecule has 2 heterocycles. The number of fused-ring (bicyclic) bond motifs is 1. The molecule has 4 heteroatoms. The van der Waals surface area contributed by atoms with Crippen LogP contribution < -0.4 is 5.32 Å². The van der Waals surface area contributed by atoms with Gasteiger partial charge >= 0.3 is 0 Å². The SMILES string of the molecule is CCNc1ccc(C(=O)N2CC3CCCN3CC2C)cc1. The summed E-state index contributed by atoms with van der Waals surface area (Å²) in [5.41, 5.74) is 1.87. The molecule has 1 N–H and O–H groups in total. The van der Waals surface area contributed by atoms with Crippen LogP contribution in [-0.2, 0) is 0 Å². The number of benzene rings is 1. The lowest BCUT2D eigenvalue weighted by molar-refractivity contribution is 0.0395. The molecule has 2 atom stereocenters. The van der Waals surface area contributed by atoms with Crippen LogP contribution in [0.2, 0.25) is 0 Å². The Kier molecular flexibility index (Phi) is 4.15. The molecular formula is C17H25N3O. The summed E-state index contributed by atoms with van der Waals surface area (Å²) in [6.45, 7) is 8.24. The van der Waals surface area contributed by atoms with Gasteiger partial charge in [-0.05, 0) is 57.5 Å². The van der Waals surface area contributed by atoms with Crippen molar-refractivity contribution in [2.24, 2.45) is 0 Å². The van der Waals surface area contributed by atoms with Crippen molar-refractivity contribution in [3.8, 4) is 0 Å². The van der Waals surface area contributed by atoms with Gasteiger partial charge in [0.15, 0.2) is 0 Å². The van der Waals surface area contributed by atoms with Crippen molar-refractivity contribution in [2.45, 2.75) is 38.8 Å². The monoisotopic (exact) mass is 287 g/mol. The first-order valence-corrected chi connectivity index (χ1v) is 8.08. The summed E-state index contributed by atoms with van der Waals surface area (Å²) in [7, 11) is 0. The van der Waals surface area contributed by atoms with Crippen molar-refractivity contribution in [3.63, 3.8) is 0 Å². The van der Waals surface area contributed by atoms with E-state index in [1.165, 1.54) is 19.4 Å². The summed E-state index contributed by atoms with van der Waals surface area (Å²) in [5, 5.41) is 3.26. The lowest BCUT2D eigenvalue weighted by Gasteiger charge is -2.42. The van der Waals surface area contributed by atoms with Crippen LogP contribution >= 0.6 is 0 Å². The van der Waals surface area contributed by atoms with Crippen molar-refractivity contribution < 1.29 is 4.79 Å². The van der Waals surface area contributed by atoms with Crippen LogP contribution in [0, 0.1) is 0 Å². The van der Waals surface area contributed by atoms with Crippen LogP contribution in [0.3, 0.4) is 0 Å². The first-order chi connectivity index (χ1) is 10.2. The summed E-state index contributed by atoms with van der Waals surface area (Å²) >= 11 is 0. The Morgan fingerprint density at radius 3 is 2.76 bits per heavy atom. The fourth-order valence-electron chi connectivity index (χ4n) is 3.57. The van der Waals surface area contributed by atoms with Gasteiger partial charge in [-0.1, -0.05) is 0 Å². The van der Waals surface area contributed by atoms with Gasteiger partial charge in [0.2, 0.25) is 0 Å². The number of carbonyl (C=O) groups excluding carboxylic acids is 1. The van der Waals surface area contributed by atoms with Gasteiger partial charge in [-0.15, -0.1) is 0 Å². The largest absolute Gasteiger partial charge is 0.385 e. The highest BCUT2D eigenvalue weighted by molar-refractivity contribution is 5.94. The molecule has 1 aromatic carbocycles. The van der Waals surface area contributed by atoms with Crippen LogP contribution in [0.15, 0.2) is 24.3 Å². The van der Waals surface area contributed by atoms with Crippen LogP contribution in [0.1, 0.15) is 37.0 Å². The second-order valence-corrected chi connectivity index (χ2v) is 6.21. The van der Waals surface area contributed by atoms with Gasteiger partial charge in [-0.3, -0.25) is 9.69 Å². The zero-order chi connectivity index (χ0) is 14.8. The number of rotatable bonds is 3. The zero-order valence-electron chi connectivity index (χ0n) is 13.0. The summed E-state index contributed by atoms with van der Waals surface area (Å²) in [4.78, 5) is 17.4. The minimum atomic E-state index is 0.178. The van der Waals surface area contributed by atoms with E-state index in [9.17, 15) is 4.79 Å². The maximum absolute atomic E-state index is 12.8. The number of hydrogen-bond donors (Lipinski definition) is 1. The van der Waals surface area contributed by atoms with E-state index in [2.05, 4.69) is 29.0 Å². The van der Waals surface area contributed by atoms with E-state index < -0.39 is 0 Å². The van der Waals surface area contributed by atoms with Gasteiger partial charge in [-0.2, -0.15) is 0 Å². The average Bonchev–Trinajstić information content (AvgIpc) is 2.94. The number of anilines is 1. The number of hydrogen-bond acceptors (Lipinski definition) is 3. The van der Waals surface area contributed by atoms with Crippen LogP contribution in [0.25, 0.3) is 0 Å². The van der Waals surface area contributed by atoms with Gasteiger partial charge in [-0.25, -0.2) is 0 Å². The lowest BCUT2D eigenvalue weighted by atomic mass is 10.1. The number of nitrogens with zero attached hydrogens (tertiary/aromatic N) is 2. The minimum Gasteiger partial charge on any atom is -0.385 e. The highest BCUT2D eigenvalue weighted by atomic mass is 16.2. The summed E-state index contributed by atoms with van der Waals surface area (Å²) in [6, 6.07) is 8.74. The molecule has 1 amide bonds. The molecule has 2 unspecified atom stereocenters. The summed E-state index contributed by atoms with van der Waals surface area (Å²) in [5.74, 6) is 0.178. The third kappa shape index (κ3) is 2.91. The van der Waals surface area contributed by atoms with E-state index in [1.807, 2.05) is 24.3 Å². The third-order valence-corrected chi connectivity index (χ3v) is 4.71. The Bertz CT molecular complexity index is 499. The molecule has 0 spiro atoms. The number of nitrogens with one attached hydrogen (secondary N) is 1. The van der Waals surface area contributed by atoms with Gasteiger partial charge in [0.05, 0.1) is 0 Å². The first kappa shape index (κ1) is 14.4. The molecule has 0 radical (unpaired) electrons. The smallest absolute Gasteiger partial charge is 0.254 e. The number of piperazine rings is 1. The molecule has 2 aliphatic rings. The molecule has 0 bridgehead atoms. The van der Waals surface area contributed by atoms with Gasteiger partial charge in [0.1, 0.15) is 0 Å². The Hall–Kier alpha value is -1.55. The van der Waals surface area contributed by atoms with E-state index in [4.69, 9.17) is 0 Å². The molecule has 2 fully saturated rings. The topological polar surface area (TPSA) is 35.6 Å². The highest BCUT2D eigenvalue weighted by Gasteiger charge is 2.36. The zero-order valence-corrected chi connectivity index (χ0v) is 13.0. The van der Waals surface area contributed by atoms with E-state index in [0.29, 0.717) is 12.1 Å². The second-order valence-electron chi connectivity index (χ2n) is 6.21. The molecule has 21 heavy (non-hydrogen) atoms. The summed E-state index contributed by atoms with van der Waals surface area (Å²) in [6.07, 6.45) is 2.51. The van der Waals surface area contributed by atoms with E-state index in [0.717, 1.165) is 30.9 Å². The molecule has 1 aromatic rings. The maximum Gasteiger partial charge on any atom is 0.254 e. The van der Waals surface area contributed by atoms with E-state index in [1.54, 1.807) is 0 Å². The molecule has 0 aromatic heterocycles. The van der Waals surface area contributed by atoms with E-state index >= 15 is 0 Å². The second kappa shape index (κ2) is 6.06. The quantitative estimate of drug-likeness (QED) is 0.927. The fraction of sp³-hybridized carbons (Fsp3) is 0.588. The molecular weight excluding hydrogens is 262 g/mol. The Morgan fingerprint density at radius 2 is 2.05 bits per heavy atom. The lowest BCUT2D eigenvalue weighted by Crippen LogP contribution is -2.56. The van der Waals surface area contributed by atoms with Gasteiger partial charge < -0.3 is 10.2 Å². The van der Waals surface area contributed by atoms with Crippen LogP contribution in [0.4, 0.5) is 5.69 Å². The molecule has 4 nitrogen and oxygen atoms in total. The Balaban J connectivity index is 1.71. The van der Waals surface area contributed by atoms with Crippen molar-refractivity contribution in [1.82, 2.24) is 9.80 Å². The number of amides is 1. The summed E-state index contributed by atoms with van der Waals surface area (Å²) < 4.78 is 0. The first-order valence-electron chi connectivity index (χ1n) is 8.08. The highest BCUT2D eigenvalue weighted by Crippen LogP contribution is 2.25. The molecule has 114 valence electrons. The Morgan fingerprint density at radius 1 is 1.29 bits per heavy atom. The third-order valence-electron chi connectivity index (χ3n) is 4.71. The maximum atomic E-state index is 12.8. The molecule has 2 aliphatic heterocycles. The van der Waals surface area contributed by atoms with Gasteiger partial charge in [0, 0.05) is 43.0 Å². The number of carbonyl (C=O) groups is 1. The van der Waals surface area contributed by atoms with Crippen molar-refractivity contribution >= 4 is 11.6 Å². The fourth-order valence-corrected chi connectivity index (χ4v) is 3.57. The van der Waals surface area contributed by atoms with Crippen molar-refractivity contribution in [1.29, 1.82) is 0 Å². The van der Waals surface area contributed by atoms with E-state index in [-0.39, 0.29) is 5.91 Å². The van der Waals surface area contributed by atoms with Crippen LogP contribution in [-0.4, -0.2) is 54.0 Å². The molecule has 3 rings (SSSR count). The molecule has 0 aliphatic carbocycles. The minimum absolute atomic E-state index is 0.178. The predicted molar refractivity (Wildman–Crippen MR) is 85.7 cm³/mol. The molecule has 2 saturated heterocycles. The van der Waals surface area contributed by atoms with Crippen molar-refractivity contribution in [3.05, 3.63) is 29.8 Å². The molecule has 0 saturated carbocycles. The van der Waals surface area contributed by atoms with Gasteiger partial charge in [0.25, 0.3) is 5.91 Å². The normalized spacial score (nSPS) is 25.7.